The summed E-state index contributed by atoms with van der Waals surface area (Å²) in [6.07, 6.45) is 1.76. The zero-order valence-corrected chi connectivity index (χ0v) is 15.5. The van der Waals surface area contributed by atoms with Crippen LogP contribution in [0.3, 0.4) is 0 Å². The van der Waals surface area contributed by atoms with E-state index in [2.05, 4.69) is 23.6 Å². The van der Waals surface area contributed by atoms with E-state index in [1.165, 1.54) is 5.56 Å². The SMILES string of the molecule is COc1ccc(CNC(=O)OC(C)(C)C)cc1C1(C)CCNCC1. The molecule has 2 rings (SSSR count). The van der Waals surface area contributed by atoms with Crippen LogP contribution in [0, 0.1) is 0 Å². The standard InChI is InChI=1S/C19H30N2O3/c1-18(2,3)24-17(22)21-13-14-6-7-16(23-5)15(12-14)19(4)8-10-20-11-9-19/h6-7,12,20H,8-11,13H2,1-5H3,(H,21,22). The number of carbonyl (C=O) groups excluding carboxylic acids is 1. The van der Waals surface area contributed by atoms with Crippen molar-refractivity contribution in [2.45, 2.75) is 58.1 Å². The molecule has 0 aromatic heterocycles. The summed E-state index contributed by atoms with van der Waals surface area (Å²) >= 11 is 0. The number of nitrogens with one attached hydrogen (secondary N) is 2. The summed E-state index contributed by atoms with van der Waals surface area (Å²) in [7, 11) is 1.71. The number of alkyl carbamates (subject to hydrolysis) is 1. The van der Waals surface area contributed by atoms with Gasteiger partial charge in [-0.3, -0.25) is 0 Å². The molecule has 5 heteroatoms. The molecule has 1 amide bonds. The molecule has 1 aliphatic heterocycles. The number of amides is 1. The fourth-order valence-corrected chi connectivity index (χ4v) is 3.07. The molecule has 1 aromatic carbocycles. The molecule has 1 saturated heterocycles. The third kappa shape index (κ3) is 4.87. The Balaban J connectivity index is 2.12. The topological polar surface area (TPSA) is 59.6 Å². The lowest BCUT2D eigenvalue weighted by molar-refractivity contribution is 0.0523. The highest BCUT2D eigenvalue weighted by Gasteiger charge is 2.31. The normalized spacial score (nSPS) is 17.2. The lowest BCUT2D eigenvalue weighted by Gasteiger charge is -2.35. The van der Waals surface area contributed by atoms with Crippen molar-refractivity contribution in [2.24, 2.45) is 0 Å². The summed E-state index contributed by atoms with van der Waals surface area (Å²) in [6, 6.07) is 6.14. The van der Waals surface area contributed by atoms with Crippen LogP contribution in [0.15, 0.2) is 18.2 Å². The number of carbonyl (C=O) groups is 1. The van der Waals surface area contributed by atoms with Gasteiger partial charge >= 0.3 is 6.09 Å². The first-order valence-electron chi connectivity index (χ1n) is 8.58. The zero-order valence-electron chi connectivity index (χ0n) is 15.5. The monoisotopic (exact) mass is 334 g/mol. The average molecular weight is 334 g/mol. The molecule has 0 spiro atoms. The van der Waals surface area contributed by atoms with Crippen LogP contribution in [0.1, 0.15) is 51.7 Å². The first-order chi connectivity index (χ1) is 11.2. The largest absolute Gasteiger partial charge is 0.496 e. The Labute approximate surface area is 145 Å². The smallest absolute Gasteiger partial charge is 0.407 e. The molecule has 1 fully saturated rings. The van der Waals surface area contributed by atoms with Crippen LogP contribution in [-0.2, 0) is 16.7 Å². The second-order valence-corrected chi connectivity index (χ2v) is 7.70. The number of hydrogen-bond acceptors (Lipinski definition) is 4. The minimum atomic E-state index is -0.488. The summed E-state index contributed by atoms with van der Waals surface area (Å²) in [5.74, 6) is 0.917. The molecule has 2 N–H and O–H groups in total. The van der Waals surface area contributed by atoms with Gasteiger partial charge in [0.1, 0.15) is 11.4 Å². The maximum absolute atomic E-state index is 11.8. The highest BCUT2D eigenvalue weighted by molar-refractivity contribution is 5.67. The van der Waals surface area contributed by atoms with Crippen molar-refractivity contribution >= 4 is 6.09 Å². The minimum Gasteiger partial charge on any atom is -0.496 e. The Bertz CT molecular complexity index is 572. The van der Waals surface area contributed by atoms with Gasteiger partial charge < -0.3 is 20.1 Å². The zero-order chi connectivity index (χ0) is 17.8. The molecule has 0 bridgehead atoms. The van der Waals surface area contributed by atoms with Crippen LogP contribution in [-0.4, -0.2) is 31.9 Å². The van der Waals surface area contributed by atoms with Crippen LogP contribution in [0.25, 0.3) is 0 Å². The van der Waals surface area contributed by atoms with Crippen LogP contribution in [0.2, 0.25) is 0 Å². The van der Waals surface area contributed by atoms with E-state index in [1.54, 1.807) is 7.11 Å². The van der Waals surface area contributed by atoms with Crippen molar-refractivity contribution < 1.29 is 14.3 Å². The average Bonchev–Trinajstić information content (AvgIpc) is 2.52. The fraction of sp³-hybridized carbons (Fsp3) is 0.632. The Kier molecular flexibility index (Phi) is 5.75. The van der Waals surface area contributed by atoms with E-state index in [9.17, 15) is 4.79 Å². The molecule has 0 saturated carbocycles. The molecule has 0 aliphatic carbocycles. The predicted molar refractivity (Wildman–Crippen MR) is 95.5 cm³/mol. The summed E-state index contributed by atoms with van der Waals surface area (Å²) in [6.45, 7) is 10.3. The number of methoxy groups -OCH3 is 1. The van der Waals surface area contributed by atoms with Crippen molar-refractivity contribution in [3.63, 3.8) is 0 Å². The minimum absolute atomic E-state index is 0.0958. The Morgan fingerprint density at radius 3 is 2.54 bits per heavy atom. The van der Waals surface area contributed by atoms with Crippen LogP contribution in [0.4, 0.5) is 4.79 Å². The molecule has 0 unspecified atom stereocenters. The first-order valence-corrected chi connectivity index (χ1v) is 8.58. The van der Waals surface area contributed by atoms with Crippen molar-refractivity contribution in [3.05, 3.63) is 29.3 Å². The molecule has 5 nitrogen and oxygen atoms in total. The molecule has 0 radical (unpaired) electrons. The maximum Gasteiger partial charge on any atom is 0.407 e. The van der Waals surface area contributed by atoms with Crippen LogP contribution in [0.5, 0.6) is 5.75 Å². The van der Waals surface area contributed by atoms with Crippen molar-refractivity contribution in [2.75, 3.05) is 20.2 Å². The summed E-state index contributed by atoms with van der Waals surface area (Å²) in [4.78, 5) is 11.8. The van der Waals surface area contributed by atoms with Crippen LogP contribution >= 0.6 is 0 Å². The van der Waals surface area contributed by atoms with E-state index < -0.39 is 11.7 Å². The van der Waals surface area contributed by atoms with Gasteiger partial charge in [-0.25, -0.2) is 4.79 Å². The molecule has 1 heterocycles. The molecule has 1 aromatic rings. The van der Waals surface area contributed by atoms with Gasteiger partial charge in [0.25, 0.3) is 0 Å². The highest BCUT2D eigenvalue weighted by Crippen LogP contribution is 2.38. The van der Waals surface area contributed by atoms with Gasteiger partial charge in [-0.1, -0.05) is 13.0 Å². The van der Waals surface area contributed by atoms with E-state index in [1.807, 2.05) is 32.9 Å². The number of rotatable bonds is 4. The van der Waals surface area contributed by atoms with Crippen molar-refractivity contribution in [1.82, 2.24) is 10.6 Å². The van der Waals surface area contributed by atoms with E-state index in [-0.39, 0.29) is 5.41 Å². The highest BCUT2D eigenvalue weighted by atomic mass is 16.6. The van der Waals surface area contributed by atoms with Gasteiger partial charge in [-0.05, 0) is 69.8 Å². The summed E-state index contributed by atoms with van der Waals surface area (Å²) < 4.78 is 10.9. The number of ether oxygens (including phenoxy) is 2. The lowest BCUT2D eigenvalue weighted by Crippen LogP contribution is -2.38. The van der Waals surface area contributed by atoms with Crippen molar-refractivity contribution in [1.29, 1.82) is 0 Å². The Morgan fingerprint density at radius 2 is 1.96 bits per heavy atom. The molecular formula is C19H30N2O3. The fourth-order valence-electron chi connectivity index (χ4n) is 3.07. The third-order valence-electron chi connectivity index (χ3n) is 4.46. The molecular weight excluding hydrogens is 304 g/mol. The lowest BCUT2D eigenvalue weighted by atomic mass is 9.74. The predicted octanol–water partition coefficient (Wildman–Crippen LogP) is 3.36. The summed E-state index contributed by atoms with van der Waals surface area (Å²) in [5, 5.41) is 6.23. The Morgan fingerprint density at radius 1 is 1.29 bits per heavy atom. The molecule has 134 valence electrons. The van der Waals surface area contributed by atoms with Gasteiger partial charge in [0, 0.05) is 12.1 Å². The van der Waals surface area contributed by atoms with E-state index in [0.29, 0.717) is 6.54 Å². The van der Waals surface area contributed by atoms with Gasteiger partial charge in [0.15, 0.2) is 0 Å². The molecule has 1 aliphatic rings. The number of benzene rings is 1. The summed E-state index contributed by atoms with van der Waals surface area (Å²) in [5.41, 5.74) is 1.88. The van der Waals surface area contributed by atoms with E-state index >= 15 is 0 Å². The quantitative estimate of drug-likeness (QED) is 0.886. The molecule has 0 atom stereocenters. The van der Waals surface area contributed by atoms with Gasteiger partial charge in [-0.15, -0.1) is 0 Å². The maximum atomic E-state index is 11.8. The Hall–Kier alpha value is -1.75. The van der Waals surface area contributed by atoms with Crippen LogP contribution < -0.4 is 15.4 Å². The number of piperidine rings is 1. The third-order valence-corrected chi connectivity index (χ3v) is 4.46. The van der Waals surface area contributed by atoms with Crippen molar-refractivity contribution in [3.8, 4) is 5.75 Å². The first kappa shape index (κ1) is 18.6. The van der Waals surface area contributed by atoms with E-state index in [0.717, 1.165) is 37.2 Å². The van der Waals surface area contributed by atoms with E-state index in [4.69, 9.17) is 9.47 Å². The van der Waals surface area contributed by atoms with Gasteiger partial charge in [0.05, 0.1) is 7.11 Å². The van der Waals surface area contributed by atoms with Gasteiger partial charge in [-0.2, -0.15) is 0 Å². The van der Waals surface area contributed by atoms with Gasteiger partial charge in [0.2, 0.25) is 0 Å². The second kappa shape index (κ2) is 7.43. The molecule has 24 heavy (non-hydrogen) atoms. The second-order valence-electron chi connectivity index (χ2n) is 7.70. The number of hydrogen-bond donors (Lipinski definition) is 2.